The lowest BCUT2D eigenvalue weighted by atomic mass is 10.0. The Kier molecular flexibility index (Phi) is 6.22. The number of ether oxygens (including phenoxy) is 1. The van der Waals surface area contributed by atoms with Crippen molar-refractivity contribution >= 4 is 23.3 Å². The van der Waals surface area contributed by atoms with Crippen molar-refractivity contribution in [3.05, 3.63) is 71.4 Å². The van der Waals surface area contributed by atoms with E-state index < -0.39 is 0 Å². The summed E-state index contributed by atoms with van der Waals surface area (Å²) in [6.45, 7) is 2.16. The highest BCUT2D eigenvalue weighted by molar-refractivity contribution is 5.97. The second-order valence-electron chi connectivity index (χ2n) is 9.80. The van der Waals surface area contributed by atoms with Crippen LogP contribution >= 0.6 is 0 Å². The van der Waals surface area contributed by atoms with Gasteiger partial charge in [0.15, 0.2) is 11.5 Å². The van der Waals surface area contributed by atoms with Crippen molar-refractivity contribution in [2.24, 2.45) is 0 Å². The molecule has 2 amide bonds. The van der Waals surface area contributed by atoms with Crippen LogP contribution in [-0.4, -0.2) is 48.9 Å². The average molecular weight is 515 g/mol. The van der Waals surface area contributed by atoms with Crippen molar-refractivity contribution in [1.29, 1.82) is 0 Å². The number of benzene rings is 1. The molecule has 0 radical (unpaired) electrons. The van der Waals surface area contributed by atoms with Crippen LogP contribution in [0.3, 0.4) is 0 Å². The fourth-order valence-corrected chi connectivity index (χ4v) is 5.14. The molecule has 1 aromatic carbocycles. The van der Waals surface area contributed by atoms with E-state index in [1.165, 1.54) is 19.1 Å². The lowest BCUT2D eigenvalue weighted by Gasteiger charge is -2.29. The minimum absolute atomic E-state index is 0.137. The molecule has 1 aliphatic carbocycles. The summed E-state index contributed by atoms with van der Waals surface area (Å²) in [7, 11) is 0. The summed E-state index contributed by atoms with van der Waals surface area (Å²) in [4.78, 5) is 35.5. The Hall–Kier alpha value is -4.34. The summed E-state index contributed by atoms with van der Waals surface area (Å²) >= 11 is 0. The highest BCUT2D eigenvalue weighted by Crippen LogP contribution is 2.30. The van der Waals surface area contributed by atoms with Crippen LogP contribution in [0.15, 0.2) is 48.8 Å². The molecule has 38 heavy (non-hydrogen) atoms. The molecule has 0 spiro atoms. The third-order valence-corrected chi connectivity index (χ3v) is 7.01. The molecule has 10 heteroatoms. The molecule has 9 nitrogen and oxygen atoms in total. The van der Waals surface area contributed by atoms with Crippen LogP contribution < -0.4 is 10.1 Å². The van der Waals surface area contributed by atoms with Gasteiger partial charge in [0.25, 0.3) is 5.91 Å². The zero-order valence-corrected chi connectivity index (χ0v) is 21.0. The molecule has 0 saturated heterocycles. The number of fused-ring (bicyclic) bond motifs is 2. The van der Waals surface area contributed by atoms with E-state index in [0.29, 0.717) is 52.6 Å². The Labute approximate surface area is 218 Å². The molecule has 0 unspecified atom stereocenters. The van der Waals surface area contributed by atoms with Gasteiger partial charge in [0, 0.05) is 43.8 Å². The number of hydrogen-bond donors (Lipinski definition) is 1. The van der Waals surface area contributed by atoms with Crippen molar-refractivity contribution in [2.45, 2.75) is 51.7 Å². The molecule has 1 fully saturated rings. The smallest absolute Gasteiger partial charge is 0.256 e. The fraction of sp³-hybridized carbons (Fsp3) is 0.321. The molecule has 2 aliphatic rings. The number of anilines is 1. The Bertz CT molecular complexity index is 1550. The summed E-state index contributed by atoms with van der Waals surface area (Å²) in [6, 6.07) is 9.92. The topological polar surface area (TPSA) is 102 Å². The van der Waals surface area contributed by atoms with Gasteiger partial charge >= 0.3 is 0 Å². The van der Waals surface area contributed by atoms with Crippen molar-refractivity contribution in [1.82, 2.24) is 24.5 Å². The molecule has 6 rings (SSSR count). The van der Waals surface area contributed by atoms with E-state index in [0.717, 1.165) is 31.4 Å². The lowest BCUT2D eigenvalue weighted by Crippen LogP contribution is -2.37. The number of aromatic nitrogens is 4. The van der Waals surface area contributed by atoms with Gasteiger partial charge in [-0.15, -0.1) is 0 Å². The molecular formula is C28H27FN6O3. The number of nitrogens with zero attached hydrogens (tertiary/aromatic N) is 5. The first-order chi connectivity index (χ1) is 18.4. The predicted molar refractivity (Wildman–Crippen MR) is 138 cm³/mol. The highest BCUT2D eigenvalue weighted by atomic mass is 19.1. The van der Waals surface area contributed by atoms with E-state index in [-0.39, 0.29) is 30.3 Å². The van der Waals surface area contributed by atoms with Crippen LogP contribution in [0.1, 0.15) is 54.2 Å². The maximum atomic E-state index is 14.2. The second-order valence-corrected chi connectivity index (χ2v) is 9.80. The fourth-order valence-electron chi connectivity index (χ4n) is 5.14. The summed E-state index contributed by atoms with van der Waals surface area (Å²) in [5.74, 6) is 0.319. The molecule has 1 aliphatic heterocycles. The van der Waals surface area contributed by atoms with Gasteiger partial charge in [-0.25, -0.2) is 13.9 Å². The largest absolute Gasteiger partial charge is 0.490 e. The lowest BCUT2D eigenvalue weighted by molar-refractivity contribution is -0.114. The molecule has 3 aromatic heterocycles. The van der Waals surface area contributed by atoms with Gasteiger partial charge in [-0.1, -0.05) is 0 Å². The Morgan fingerprint density at radius 1 is 1.18 bits per heavy atom. The molecule has 0 atom stereocenters. The number of rotatable bonds is 6. The molecule has 4 heterocycles. The molecule has 194 valence electrons. The second kappa shape index (κ2) is 9.85. The zero-order valence-electron chi connectivity index (χ0n) is 21.0. The van der Waals surface area contributed by atoms with Crippen LogP contribution in [0.4, 0.5) is 10.2 Å². The Morgan fingerprint density at radius 2 is 2.03 bits per heavy atom. The maximum Gasteiger partial charge on any atom is 0.256 e. The minimum atomic E-state index is -0.352. The highest BCUT2D eigenvalue weighted by Gasteiger charge is 2.28. The quantitative estimate of drug-likeness (QED) is 0.409. The van der Waals surface area contributed by atoms with E-state index in [1.54, 1.807) is 46.1 Å². The van der Waals surface area contributed by atoms with Crippen molar-refractivity contribution in [2.75, 3.05) is 11.9 Å². The van der Waals surface area contributed by atoms with Gasteiger partial charge in [0.05, 0.1) is 29.3 Å². The van der Waals surface area contributed by atoms with Crippen LogP contribution in [0.25, 0.3) is 16.9 Å². The molecule has 0 bridgehead atoms. The molecular weight excluding hydrogens is 487 g/mol. The number of halogens is 1. The number of imidazole rings is 1. The van der Waals surface area contributed by atoms with Gasteiger partial charge in [-0.3, -0.25) is 14.6 Å². The van der Waals surface area contributed by atoms with Crippen LogP contribution in [-0.2, 0) is 17.8 Å². The SMILES string of the molecule is CC(=O)Nc1cn2nc(-c3cnc4c(c3)C(=O)N(Cc3cc(F)ccc3OC3CCCC3)CC4)ccc2n1. The number of nitrogens with one attached hydrogen (secondary N) is 1. The van der Waals surface area contributed by atoms with E-state index >= 15 is 0 Å². The van der Waals surface area contributed by atoms with Gasteiger partial charge in [0.2, 0.25) is 5.91 Å². The molecule has 1 N–H and O–H groups in total. The van der Waals surface area contributed by atoms with E-state index in [4.69, 9.17) is 4.74 Å². The van der Waals surface area contributed by atoms with E-state index in [1.807, 2.05) is 0 Å². The van der Waals surface area contributed by atoms with E-state index in [9.17, 15) is 14.0 Å². The number of carbonyl (C=O) groups excluding carboxylic acids is 2. The summed E-state index contributed by atoms with van der Waals surface area (Å²) in [5.41, 5.74) is 3.79. The summed E-state index contributed by atoms with van der Waals surface area (Å²) in [6.07, 6.45) is 8.34. The molecule has 1 saturated carbocycles. The molecule has 4 aromatic rings. The number of pyridine rings is 1. The van der Waals surface area contributed by atoms with Crippen molar-refractivity contribution in [3.8, 4) is 17.0 Å². The average Bonchev–Trinajstić information content (AvgIpc) is 3.55. The van der Waals surface area contributed by atoms with Crippen molar-refractivity contribution in [3.63, 3.8) is 0 Å². The standard InChI is InChI=1S/C28H27FN6O3/c1-17(36)31-26-16-35-27(32-26)9-7-23(33-35)18-13-22-24(30-14-18)10-11-34(28(22)37)15-19-12-20(29)6-8-25(19)38-21-4-2-3-5-21/h6-9,12-14,16,21H,2-5,10-11,15H2,1H3,(H,31,36). The maximum absolute atomic E-state index is 14.2. The van der Waals surface area contributed by atoms with E-state index in [2.05, 4.69) is 20.4 Å². The van der Waals surface area contributed by atoms with Crippen LogP contribution in [0.2, 0.25) is 0 Å². The first kappa shape index (κ1) is 24.0. The third kappa shape index (κ3) is 4.81. The minimum Gasteiger partial charge on any atom is -0.490 e. The number of hydrogen-bond acceptors (Lipinski definition) is 6. The normalized spacial score (nSPS) is 15.6. The predicted octanol–water partition coefficient (Wildman–Crippen LogP) is 4.41. The third-order valence-electron chi connectivity index (χ3n) is 7.01. The first-order valence-electron chi connectivity index (χ1n) is 12.8. The van der Waals surface area contributed by atoms with Crippen LogP contribution in [0, 0.1) is 5.82 Å². The van der Waals surface area contributed by atoms with Gasteiger partial charge < -0.3 is 15.0 Å². The Balaban J connectivity index is 1.25. The van der Waals surface area contributed by atoms with Crippen molar-refractivity contribution < 1.29 is 18.7 Å². The Morgan fingerprint density at radius 3 is 2.84 bits per heavy atom. The first-order valence-corrected chi connectivity index (χ1v) is 12.8. The van der Waals surface area contributed by atoms with Gasteiger partial charge in [0.1, 0.15) is 11.6 Å². The summed E-state index contributed by atoms with van der Waals surface area (Å²) in [5, 5.41) is 7.23. The van der Waals surface area contributed by atoms with Gasteiger partial charge in [-0.2, -0.15) is 5.10 Å². The number of amides is 2. The summed E-state index contributed by atoms with van der Waals surface area (Å²) < 4.78 is 21.9. The zero-order chi connectivity index (χ0) is 26.2. The number of carbonyl (C=O) groups is 2. The van der Waals surface area contributed by atoms with Crippen LogP contribution in [0.5, 0.6) is 5.75 Å². The van der Waals surface area contributed by atoms with Gasteiger partial charge in [-0.05, 0) is 62.1 Å². The monoisotopic (exact) mass is 514 g/mol.